The van der Waals surface area contributed by atoms with Crippen LogP contribution in [0.2, 0.25) is 0 Å². The van der Waals surface area contributed by atoms with E-state index in [9.17, 15) is 27.2 Å². The monoisotopic (exact) mass is 398 g/mol. The fourth-order valence-electron chi connectivity index (χ4n) is 3.12. The second kappa shape index (κ2) is 7.61. The minimum absolute atomic E-state index is 0.115. The van der Waals surface area contributed by atoms with E-state index in [-0.39, 0.29) is 11.2 Å². The topological polar surface area (TPSA) is 67.2 Å². The molecular formula is C18H18F4N4O2. The lowest BCUT2D eigenvalue weighted by Gasteiger charge is -2.32. The molecule has 0 radical (unpaired) electrons. The van der Waals surface area contributed by atoms with Gasteiger partial charge in [0.1, 0.15) is 11.6 Å². The molecule has 10 heteroatoms. The van der Waals surface area contributed by atoms with Crippen molar-refractivity contribution in [1.82, 2.24) is 9.78 Å². The van der Waals surface area contributed by atoms with Crippen LogP contribution in [0.4, 0.5) is 29.1 Å². The molecule has 1 aromatic carbocycles. The molecular weight excluding hydrogens is 380 g/mol. The van der Waals surface area contributed by atoms with Crippen LogP contribution in [0.3, 0.4) is 0 Å². The molecule has 1 fully saturated rings. The molecule has 1 saturated heterocycles. The number of hydrogen-bond donors (Lipinski definition) is 1. The average molecular weight is 398 g/mol. The van der Waals surface area contributed by atoms with Crippen LogP contribution in [-0.4, -0.2) is 28.8 Å². The largest absolute Gasteiger partial charge is 0.419 e. The number of aromatic nitrogens is 2. The molecule has 2 aromatic rings. The Morgan fingerprint density at radius 1 is 1.25 bits per heavy atom. The van der Waals surface area contributed by atoms with Gasteiger partial charge in [0.15, 0.2) is 0 Å². The van der Waals surface area contributed by atoms with Gasteiger partial charge in [0, 0.05) is 31.9 Å². The zero-order valence-electron chi connectivity index (χ0n) is 15.0. The van der Waals surface area contributed by atoms with Crippen molar-refractivity contribution in [2.24, 2.45) is 13.0 Å². The van der Waals surface area contributed by atoms with Gasteiger partial charge < -0.3 is 10.2 Å². The Hall–Kier alpha value is -2.91. The van der Waals surface area contributed by atoms with Crippen LogP contribution in [0.15, 0.2) is 35.1 Å². The van der Waals surface area contributed by atoms with Crippen LogP contribution >= 0.6 is 0 Å². The predicted octanol–water partition coefficient (Wildman–Crippen LogP) is 2.79. The number of aryl methyl sites for hydroxylation is 1. The number of halogens is 4. The van der Waals surface area contributed by atoms with E-state index in [2.05, 4.69) is 10.4 Å². The molecule has 3 rings (SSSR count). The van der Waals surface area contributed by atoms with Gasteiger partial charge in [0.2, 0.25) is 5.91 Å². The van der Waals surface area contributed by atoms with Crippen LogP contribution in [0, 0.1) is 11.7 Å². The summed E-state index contributed by atoms with van der Waals surface area (Å²) >= 11 is 0. The van der Waals surface area contributed by atoms with Gasteiger partial charge in [-0.3, -0.25) is 9.59 Å². The van der Waals surface area contributed by atoms with Gasteiger partial charge in [-0.1, -0.05) is 0 Å². The van der Waals surface area contributed by atoms with Crippen molar-refractivity contribution in [3.8, 4) is 0 Å². The Morgan fingerprint density at radius 3 is 2.68 bits per heavy atom. The Morgan fingerprint density at radius 2 is 2.00 bits per heavy atom. The first kappa shape index (κ1) is 19.8. The number of piperidine rings is 1. The number of benzene rings is 1. The molecule has 150 valence electrons. The highest BCUT2D eigenvalue weighted by Crippen LogP contribution is 2.33. The molecule has 0 bridgehead atoms. The lowest BCUT2D eigenvalue weighted by Crippen LogP contribution is -2.41. The van der Waals surface area contributed by atoms with Crippen molar-refractivity contribution in [2.45, 2.75) is 19.0 Å². The third-order valence-corrected chi connectivity index (χ3v) is 4.60. The fourth-order valence-corrected chi connectivity index (χ4v) is 3.12. The van der Waals surface area contributed by atoms with E-state index in [1.165, 1.54) is 17.8 Å². The Bertz CT molecular complexity index is 942. The summed E-state index contributed by atoms with van der Waals surface area (Å²) in [7, 11) is 1.52. The normalized spacial score (nSPS) is 17.5. The lowest BCUT2D eigenvalue weighted by molar-refractivity contribution is -0.140. The fraction of sp³-hybridized carbons (Fsp3) is 0.389. The zero-order valence-corrected chi connectivity index (χ0v) is 15.0. The number of rotatable bonds is 3. The highest BCUT2D eigenvalue weighted by Gasteiger charge is 2.34. The van der Waals surface area contributed by atoms with Crippen molar-refractivity contribution in [3.05, 3.63) is 52.1 Å². The summed E-state index contributed by atoms with van der Waals surface area (Å²) in [5.41, 5.74) is -1.80. The summed E-state index contributed by atoms with van der Waals surface area (Å²) in [4.78, 5) is 25.8. The molecule has 1 atom stereocenters. The third-order valence-electron chi connectivity index (χ3n) is 4.60. The number of alkyl halides is 3. The maximum Gasteiger partial charge on any atom is 0.419 e. The number of anilines is 2. The molecule has 0 spiro atoms. The smallest absolute Gasteiger partial charge is 0.354 e. The minimum Gasteiger partial charge on any atom is -0.354 e. The van der Waals surface area contributed by atoms with E-state index in [0.717, 1.165) is 6.07 Å². The molecule has 2 heterocycles. The van der Waals surface area contributed by atoms with Crippen LogP contribution in [0.1, 0.15) is 18.4 Å². The van der Waals surface area contributed by atoms with Gasteiger partial charge in [0.05, 0.1) is 11.5 Å². The molecule has 28 heavy (non-hydrogen) atoms. The zero-order chi connectivity index (χ0) is 20.5. The van der Waals surface area contributed by atoms with Gasteiger partial charge in [-0.05, 0) is 37.1 Å². The summed E-state index contributed by atoms with van der Waals surface area (Å²) in [5, 5.41) is 6.59. The van der Waals surface area contributed by atoms with Gasteiger partial charge in [-0.2, -0.15) is 18.3 Å². The number of carbonyl (C=O) groups is 1. The van der Waals surface area contributed by atoms with Crippen molar-refractivity contribution in [2.75, 3.05) is 23.3 Å². The summed E-state index contributed by atoms with van der Waals surface area (Å²) < 4.78 is 53.1. The minimum atomic E-state index is -4.85. The second-order valence-corrected chi connectivity index (χ2v) is 6.62. The van der Waals surface area contributed by atoms with Gasteiger partial charge in [-0.15, -0.1) is 0 Å². The molecule has 0 saturated carbocycles. The molecule has 0 unspecified atom stereocenters. The van der Waals surface area contributed by atoms with E-state index in [4.69, 9.17) is 0 Å². The molecule has 1 aliphatic heterocycles. The van der Waals surface area contributed by atoms with E-state index >= 15 is 0 Å². The first-order chi connectivity index (χ1) is 13.1. The van der Waals surface area contributed by atoms with Crippen molar-refractivity contribution < 1.29 is 22.4 Å². The van der Waals surface area contributed by atoms with Crippen LogP contribution < -0.4 is 15.8 Å². The van der Waals surface area contributed by atoms with Gasteiger partial charge in [-0.25, -0.2) is 9.07 Å². The van der Waals surface area contributed by atoms with Gasteiger partial charge in [0.25, 0.3) is 5.56 Å². The van der Waals surface area contributed by atoms with Crippen LogP contribution in [0.5, 0.6) is 0 Å². The number of hydrogen-bond acceptors (Lipinski definition) is 4. The highest BCUT2D eigenvalue weighted by molar-refractivity contribution is 5.93. The van der Waals surface area contributed by atoms with Crippen LogP contribution in [-0.2, 0) is 18.0 Å². The SMILES string of the molecule is Cn1nc(N2CCC[C@@H](C(=O)Nc3ccc(F)c(C(F)(F)F)c3)C2)ccc1=O. The van der Waals surface area contributed by atoms with Crippen LogP contribution in [0.25, 0.3) is 0 Å². The van der Waals surface area contributed by atoms with Crippen molar-refractivity contribution in [3.63, 3.8) is 0 Å². The van der Waals surface area contributed by atoms with Crippen molar-refractivity contribution >= 4 is 17.4 Å². The highest BCUT2D eigenvalue weighted by atomic mass is 19.4. The Kier molecular flexibility index (Phi) is 5.39. The first-order valence-corrected chi connectivity index (χ1v) is 8.62. The average Bonchev–Trinajstić information content (AvgIpc) is 2.64. The summed E-state index contributed by atoms with van der Waals surface area (Å²) in [6.07, 6.45) is -3.61. The molecule has 1 N–H and O–H groups in total. The summed E-state index contributed by atoms with van der Waals surface area (Å²) in [5.74, 6) is -1.78. The third kappa shape index (κ3) is 4.32. The maximum absolute atomic E-state index is 13.4. The predicted molar refractivity (Wildman–Crippen MR) is 94.4 cm³/mol. The molecule has 1 amide bonds. The Balaban J connectivity index is 1.72. The van der Waals surface area contributed by atoms with E-state index in [0.29, 0.717) is 43.9 Å². The van der Waals surface area contributed by atoms with Crippen molar-refractivity contribution in [1.29, 1.82) is 0 Å². The van der Waals surface area contributed by atoms with E-state index in [1.807, 2.05) is 4.90 Å². The number of carbonyl (C=O) groups excluding carboxylic acids is 1. The molecule has 6 nitrogen and oxygen atoms in total. The Labute approximate surface area is 157 Å². The standard InChI is InChI=1S/C18H18F4N4O2/c1-25-16(27)7-6-15(24-25)26-8-2-3-11(10-26)17(28)23-12-4-5-14(19)13(9-12)18(20,21)22/h4-7,9,11H,2-3,8,10H2,1H3,(H,23,28)/t11-/m1/s1. The molecule has 1 aliphatic rings. The summed E-state index contributed by atoms with van der Waals surface area (Å²) in [6.45, 7) is 0.952. The second-order valence-electron chi connectivity index (χ2n) is 6.62. The van der Waals surface area contributed by atoms with E-state index in [1.54, 1.807) is 6.07 Å². The number of nitrogens with one attached hydrogen (secondary N) is 1. The quantitative estimate of drug-likeness (QED) is 0.808. The molecule has 0 aliphatic carbocycles. The lowest BCUT2D eigenvalue weighted by atomic mass is 9.97. The van der Waals surface area contributed by atoms with E-state index < -0.39 is 29.4 Å². The summed E-state index contributed by atoms with van der Waals surface area (Å²) in [6, 6.07) is 5.31. The maximum atomic E-state index is 13.4. The molecule has 1 aromatic heterocycles. The first-order valence-electron chi connectivity index (χ1n) is 8.62. The van der Waals surface area contributed by atoms with Gasteiger partial charge >= 0.3 is 6.18 Å². The number of nitrogens with zero attached hydrogens (tertiary/aromatic N) is 3. The number of amides is 1.